The van der Waals surface area contributed by atoms with Gasteiger partial charge >= 0.3 is 5.97 Å². The number of carbonyl (C=O) groups excluding carboxylic acids is 1. The van der Waals surface area contributed by atoms with Gasteiger partial charge in [0.05, 0.1) is 0 Å². The van der Waals surface area contributed by atoms with Gasteiger partial charge in [-0.2, -0.15) is 11.8 Å². The molecule has 0 saturated carbocycles. The third-order valence-electron chi connectivity index (χ3n) is 2.73. The number of thioether (sulfide) groups is 1. The molecule has 0 aliphatic carbocycles. The molecule has 100 valence electrons. The van der Waals surface area contributed by atoms with Crippen LogP contribution in [-0.2, 0) is 16.1 Å². The van der Waals surface area contributed by atoms with Gasteiger partial charge in [-0.3, -0.25) is 4.79 Å². The first-order chi connectivity index (χ1) is 8.52. The molecule has 0 N–H and O–H groups in total. The van der Waals surface area contributed by atoms with Gasteiger partial charge in [0.25, 0.3) is 0 Å². The Bertz CT molecular complexity index is 371. The van der Waals surface area contributed by atoms with Gasteiger partial charge in [-0.15, -0.1) is 0 Å². The minimum Gasteiger partial charge on any atom is -0.460 e. The molecule has 0 aliphatic rings. The average Bonchev–Trinajstić information content (AvgIpc) is 2.34. The van der Waals surface area contributed by atoms with Crippen LogP contribution in [0.4, 0.5) is 0 Å². The molecule has 2 nitrogen and oxygen atoms in total. The summed E-state index contributed by atoms with van der Waals surface area (Å²) < 4.78 is 5.36. The van der Waals surface area contributed by atoms with Crippen molar-refractivity contribution in [1.82, 2.24) is 0 Å². The highest BCUT2D eigenvalue weighted by molar-refractivity contribution is 7.99. The van der Waals surface area contributed by atoms with Gasteiger partial charge in [0.2, 0.25) is 0 Å². The first-order valence-electron chi connectivity index (χ1n) is 6.28. The normalized spacial score (nSPS) is 12.5. The standard InChI is InChI=1S/C15H22O2S/c1-11(2)9-14(18-4)15(16)17-10-13-7-5-12(3)6-8-13/h5-8,11,14H,9-10H2,1-4H3/t14-/m0/s1. The molecule has 0 heterocycles. The van der Waals surface area contributed by atoms with E-state index in [1.54, 1.807) is 11.8 Å². The summed E-state index contributed by atoms with van der Waals surface area (Å²) in [5.41, 5.74) is 2.25. The van der Waals surface area contributed by atoms with E-state index in [0.717, 1.165) is 12.0 Å². The minimum atomic E-state index is -0.100. The second-order valence-electron chi connectivity index (χ2n) is 4.95. The zero-order valence-electron chi connectivity index (χ0n) is 11.6. The summed E-state index contributed by atoms with van der Waals surface area (Å²) in [6.45, 7) is 6.66. The molecule has 3 heteroatoms. The van der Waals surface area contributed by atoms with Crippen molar-refractivity contribution in [2.24, 2.45) is 5.92 Å². The van der Waals surface area contributed by atoms with Crippen molar-refractivity contribution in [3.63, 3.8) is 0 Å². The lowest BCUT2D eigenvalue weighted by Crippen LogP contribution is -2.21. The van der Waals surface area contributed by atoms with Crippen LogP contribution in [0.3, 0.4) is 0 Å². The second-order valence-corrected chi connectivity index (χ2v) is 5.99. The molecule has 18 heavy (non-hydrogen) atoms. The van der Waals surface area contributed by atoms with Crippen LogP contribution in [0.2, 0.25) is 0 Å². The molecule has 0 saturated heterocycles. The van der Waals surface area contributed by atoms with E-state index in [2.05, 4.69) is 13.8 Å². The maximum absolute atomic E-state index is 11.9. The molecule has 0 aromatic heterocycles. The van der Waals surface area contributed by atoms with Crippen LogP contribution in [0.25, 0.3) is 0 Å². The molecule has 1 aromatic rings. The van der Waals surface area contributed by atoms with Crippen LogP contribution >= 0.6 is 11.8 Å². The van der Waals surface area contributed by atoms with Crippen LogP contribution in [0.1, 0.15) is 31.4 Å². The predicted molar refractivity (Wildman–Crippen MR) is 77.7 cm³/mol. The van der Waals surface area contributed by atoms with Crippen molar-refractivity contribution in [1.29, 1.82) is 0 Å². The number of carbonyl (C=O) groups is 1. The van der Waals surface area contributed by atoms with E-state index >= 15 is 0 Å². The fourth-order valence-electron chi connectivity index (χ4n) is 1.65. The van der Waals surface area contributed by atoms with Gasteiger partial charge in [0.1, 0.15) is 11.9 Å². The van der Waals surface area contributed by atoms with Crippen molar-refractivity contribution >= 4 is 17.7 Å². The first-order valence-corrected chi connectivity index (χ1v) is 7.56. The third-order valence-corrected chi connectivity index (χ3v) is 3.69. The summed E-state index contributed by atoms with van der Waals surface area (Å²) in [7, 11) is 0. The molecule has 1 aromatic carbocycles. The summed E-state index contributed by atoms with van der Waals surface area (Å²) in [5, 5.41) is -0.0459. The Morgan fingerprint density at radius 2 is 1.89 bits per heavy atom. The van der Waals surface area contributed by atoms with Crippen molar-refractivity contribution in [2.45, 2.75) is 39.0 Å². The zero-order valence-corrected chi connectivity index (χ0v) is 12.4. The summed E-state index contributed by atoms with van der Waals surface area (Å²) in [6, 6.07) is 8.06. The molecule has 0 amide bonds. The summed E-state index contributed by atoms with van der Waals surface area (Å²) in [6.07, 6.45) is 2.83. The maximum Gasteiger partial charge on any atom is 0.319 e. The largest absolute Gasteiger partial charge is 0.460 e. The average molecular weight is 266 g/mol. The third kappa shape index (κ3) is 5.13. The summed E-state index contributed by atoms with van der Waals surface area (Å²) in [4.78, 5) is 11.9. The lowest BCUT2D eigenvalue weighted by molar-refractivity contribution is -0.144. The van der Waals surface area contributed by atoms with E-state index in [4.69, 9.17) is 4.74 Å². The number of esters is 1. The Morgan fingerprint density at radius 1 is 1.28 bits per heavy atom. The number of rotatable bonds is 6. The quantitative estimate of drug-likeness (QED) is 0.732. The zero-order chi connectivity index (χ0) is 13.5. The lowest BCUT2D eigenvalue weighted by atomic mass is 10.1. The van der Waals surface area contributed by atoms with Crippen LogP contribution < -0.4 is 0 Å². The van der Waals surface area contributed by atoms with Crippen LogP contribution in [-0.4, -0.2) is 17.5 Å². The molecule has 0 spiro atoms. The number of benzene rings is 1. The highest BCUT2D eigenvalue weighted by Gasteiger charge is 2.19. The molecule has 0 aliphatic heterocycles. The van der Waals surface area contributed by atoms with Crippen LogP contribution in [0.15, 0.2) is 24.3 Å². The monoisotopic (exact) mass is 266 g/mol. The Morgan fingerprint density at radius 3 is 2.39 bits per heavy atom. The van der Waals surface area contributed by atoms with Crippen molar-refractivity contribution in [3.05, 3.63) is 35.4 Å². The number of ether oxygens (including phenoxy) is 1. The van der Waals surface area contributed by atoms with E-state index in [1.165, 1.54) is 5.56 Å². The Balaban J connectivity index is 2.46. The van der Waals surface area contributed by atoms with E-state index in [0.29, 0.717) is 12.5 Å². The molecular weight excluding hydrogens is 244 g/mol. The van der Waals surface area contributed by atoms with Crippen LogP contribution in [0, 0.1) is 12.8 Å². The van der Waals surface area contributed by atoms with Crippen LogP contribution in [0.5, 0.6) is 0 Å². The highest BCUT2D eigenvalue weighted by Crippen LogP contribution is 2.18. The summed E-state index contributed by atoms with van der Waals surface area (Å²) >= 11 is 1.57. The van der Waals surface area contributed by atoms with Gasteiger partial charge in [0.15, 0.2) is 0 Å². The van der Waals surface area contributed by atoms with E-state index < -0.39 is 0 Å². The smallest absolute Gasteiger partial charge is 0.319 e. The second kappa shape index (κ2) is 7.47. The fraction of sp³-hybridized carbons (Fsp3) is 0.533. The highest BCUT2D eigenvalue weighted by atomic mass is 32.2. The summed E-state index contributed by atoms with van der Waals surface area (Å²) in [5.74, 6) is 0.408. The van der Waals surface area contributed by atoms with Gasteiger partial charge in [-0.1, -0.05) is 43.7 Å². The predicted octanol–water partition coefficient (Wildman–Crippen LogP) is 3.82. The number of hydrogen-bond acceptors (Lipinski definition) is 3. The molecule has 0 fully saturated rings. The number of aryl methyl sites for hydroxylation is 1. The van der Waals surface area contributed by atoms with E-state index in [1.807, 2.05) is 37.4 Å². The Labute approximate surface area is 114 Å². The molecular formula is C15H22O2S. The Hall–Kier alpha value is -0.960. The topological polar surface area (TPSA) is 26.3 Å². The van der Waals surface area contributed by atoms with Gasteiger partial charge in [-0.05, 0) is 31.1 Å². The molecule has 0 radical (unpaired) electrons. The first kappa shape index (κ1) is 15.1. The molecule has 0 unspecified atom stereocenters. The van der Waals surface area contributed by atoms with E-state index in [-0.39, 0.29) is 11.2 Å². The SMILES string of the molecule is CS[C@@H](CC(C)C)C(=O)OCc1ccc(C)cc1. The number of hydrogen-bond donors (Lipinski definition) is 0. The van der Waals surface area contributed by atoms with Gasteiger partial charge in [0, 0.05) is 0 Å². The minimum absolute atomic E-state index is 0.0459. The fourth-order valence-corrected chi connectivity index (χ4v) is 2.49. The Kier molecular flexibility index (Phi) is 6.27. The van der Waals surface area contributed by atoms with E-state index in [9.17, 15) is 4.79 Å². The molecule has 1 atom stereocenters. The van der Waals surface area contributed by atoms with Gasteiger partial charge in [-0.25, -0.2) is 0 Å². The van der Waals surface area contributed by atoms with Gasteiger partial charge < -0.3 is 4.74 Å². The van der Waals surface area contributed by atoms with Crippen molar-refractivity contribution in [2.75, 3.05) is 6.26 Å². The maximum atomic E-state index is 11.9. The van der Waals surface area contributed by atoms with Crippen molar-refractivity contribution < 1.29 is 9.53 Å². The molecule has 0 bridgehead atoms. The lowest BCUT2D eigenvalue weighted by Gasteiger charge is -2.15. The van der Waals surface area contributed by atoms with Crippen molar-refractivity contribution in [3.8, 4) is 0 Å². The molecule has 1 rings (SSSR count).